The number of carbonyl (C=O) groups excluding carboxylic acids is 1. The van der Waals surface area contributed by atoms with Gasteiger partial charge in [0.1, 0.15) is 5.54 Å². The van der Waals surface area contributed by atoms with Gasteiger partial charge >= 0.3 is 12.0 Å². The van der Waals surface area contributed by atoms with Crippen LogP contribution in [0, 0.1) is 3.57 Å². The first-order valence-electron chi connectivity index (χ1n) is 6.61. The number of carboxylic acids is 1. The number of nitrogens with zero attached hydrogens (tertiary/aromatic N) is 1. The highest BCUT2D eigenvalue weighted by molar-refractivity contribution is 14.1. The number of carboxylic acid groups (broad SMARTS) is 1. The van der Waals surface area contributed by atoms with Crippen molar-refractivity contribution in [1.29, 1.82) is 0 Å². The maximum Gasteiger partial charge on any atom is 0.329 e. The maximum atomic E-state index is 12.4. The number of likely N-dealkylation sites (tertiary alicyclic amines) is 1. The lowest BCUT2D eigenvalue weighted by Crippen LogP contribution is -2.58. The van der Waals surface area contributed by atoms with Crippen molar-refractivity contribution in [2.75, 3.05) is 11.9 Å². The second-order valence-corrected chi connectivity index (χ2v) is 6.84. The zero-order valence-electron chi connectivity index (χ0n) is 11.5. The summed E-state index contributed by atoms with van der Waals surface area (Å²) < 4.78 is 0.808. The van der Waals surface area contributed by atoms with Crippen LogP contribution in [0.5, 0.6) is 0 Å². The number of nitrogens with one attached hydrogen (secondary N) is 1. The van der Waals surface area contributed by atoms with Gasteiger partial charge in [-0.2, -0.15) is 0 Å². The Labute approximate surface area is 141 Å². The molecule has 1 saturated heterocycles. The van der Waals surface area contributed by atoms with Crippen LogP contribution in [0.3, 0.4) is 0 Å². The first-order valence-corrected chi connectivity index (χ1v) is 8.07. The third-order valence-corrected chi connectivity index (χ3v) is 4.90. The van der Waals surface area contributed by atoms with E-state index < -0.39 is 11.5 Å². The lowest BCUT2D eigenvalue weighted by molar-refractivity contribution is -0.150. The zero-order chi connectivity index (χ0) is 15.6. The SMILES string of the molecule is CC1(C(=O)O)CCCCN1C(=O)Nc1ccc(Cl)cc1I. The smallest absolute Gasteiger partial charge is 0.329 e. The molecule has 21 heavy (non-hydrogen) atoms. The number of amides is 2. The predicted octanol–water partition coefficient (Wildman–Crippen LogP) is 3.81. The first-order chi connectivity index (χ1) is 9.84. The molecule has 0 radical (unpaired) electrons. The summed E-state index contributed by atoms with van der Waals surface area (Å²) in [5.74, 6) is -0.969. The standard InChI is InChI=1S/C14H16ClIN2O3/c1-14(12(19)20)6-2-3-7-18(14)13(21)17-11-5-4-9(15)8-10(11)16/h4-5,8H,2-3,6-7H2,1H3,(H,17,21)(H,19,20). The summed E-state index contributed by atoms with van der Waals surface area (Å²) in [4.78, 5) is 25.4. The second-order valence-electron chi connectivity index (χ2n) is 5.24. The van der Waals surface area contributed by atoms with Gasteiger partial charge in [0.25, 0.3) is 0 Å². The molecule has 7 heteroatoms. The fourth-order valence-electron chi connectivity index (χ4n) is 2.44. The zero-order valence-corrected chi connectivity index (χ0v) is 14.4. The van der Waals surface area contributed by atoms with E-state index in [2.05, 4.69) is 27.9 Å². The molecule has 1 fully saturated rings. The van der Waals surface area contributed by atoms with E-state index in [9.17, 15) is 14.7 Å². The molecule has 0 saturated carbocycles. The highest BCUT2D eigenvalue weighted by Gasteiger charge is 2.44. The van der Waals surface area contributed by atoms with Crippen LogP contribution in [-0.4, -0.2) is 34.1 Å². The molecular formula is C14H16ClIN2O3. The van der Waals surface area contributed by atoms with Gasteiger partial charge in [-0.15, -0.1) is 0 Å². The molecule has 0 bridgehead atoms. The molecule has 1 aromatic rings. The van der Waals surface area contributed by atoms with Gasteiger partial charge in [0, 0.05) is 15.1 Å². The first kappa shape index (κ1) is 16.4. The van der Waals surface area contributed by atoms with Crippen molar-refractivity contribution < 1.29 is 14.7 Å². The van der Waals surface area contributed by atoms with Gasteiger partial charge in [-0.3, -0.25) is 0 Å². The molecule has 114 valence electrons. The minimum absolute atomic E-state index is 0.389. The van der Waals surface area contributed by atoms with E-state index in [0.29, 0.717) is 23.7 Å². The molecular weight excluding hydrogens is 407 g/mol. The summed E-state index contributed by atoms with van der Waals surface area (Å²) in [7, 11) is 0. The fourth-order valence-corrected chi connectivity index (χ4v) is 3.45. The Morgan fingerprint density at radius 1 is 1.43 bits per heavy atom. The summed E-state index contributed by atoms with van der Waals surface area (Å²) in [6.45, 7) is 2.04. The summed E-state index contributed by atoms with van der Waals surface area (Å²) in [6, 6.07) is 4.75. The van der Waals surface area contributed by atoms with E-state index in [-0.39, 0.29) is 6.03 Å². The normalized spacial score (nSPS) is 22.0. The topological polar surface area (TPSA) is 69.6 Å². The number of hydrogen-bond donors (Lipinski definition) is 2. The van der Waals surface area contributed by atoms with Gasteiger partial charge in [0.15, 0.2) is 0 Å². The molecule has 1 aromatic carbocycles. The molecule has 1 heterocycles. The Hall–Kier alpha value is -1.02. The quantitative estimate of drug-likeness (QED) is 0.712. The third-order valence-electron chi connectivity index (χ3n) is 3.77. The Kier molecular flexibility index (Phi) is 4.98. The van der Waals surface area contributed by atoms with Crippen molar-refractivity contribution in [1.82, 2.24) is 4.90 Å². The van der Waals surface area contributed by atoms with Crippen LogP contribution in [0.25, 0.3) is 0 Å². The van der Waals surface area contributed by atoms with Gasteiger partial charge in [-0.25, -0.2) is 9.59 Å². The molecule has 2 rings (SSSR count). The number of rotatable bonds is 2. The van der Waals surface area contributed by atoms with Gasteiger partial charge in [0.2, 0.25) is 0 Å². The molecule has 1 aliphatic rings. The van der Waals surface area contributed by atoms with Crippen molar-refractivity contribution >= 4 is 51.9 Å². The minimum Gasteiger partial charge on any atom is -0.480 e. The van der Waals surface area contributed by atoms with Gasteiger partial charge in [0.05, 0.1) is 5.69 Å². The number of anilines is 1. The molecule has 1 aliphatic heterocycles. The Morgan fingerprint density at radius 3 is 2.76 bits per heavy atom. The van der Waals surface area contributed by atoms with E-state index in [1.165, 1.54) is 4.90 Å². The lowest BCUT2D eigenvalue weighted by atomic mass is 9.89. The third kappa shape index (κ3) is 3.42. The number of carbonyl (C=O) groups is 2. The number of halogens is 2. The maximum absolute atomic E-state index is 12.4. The van der Waals surface area contributed by atoms with Gasteiger partial charge in [-0.05, 0) is 67.0 Å². The summed E-state index contributed by atoms with van der Waals surface area (Å²) in [6.07, 6.45) is 2.09. The minimum atomic E-state index is -1.15. The van der Waals surface area contributed by atoms with Crippen molar-refractivity contribution in [2.24, 2.45) is 0 Å². The van der Waals surface area contributed by atoms with Crippen LogP contribution in [-0.2, 0) is 4.79 Å². The summed E-state index contributed by atoms with van der Waals surface area (Å²) in [5, 5.41) is 12.8. The van der Waals surface area contributed by atoms with E-state index in [4.69, 9.17) is 11.6 Å². The van der Waals surface area contributed by atoms with E-state index in [1.54, 1.807) is 25.1 Å². The average molecular weight is 423 g/mol. The van der Waals surface area contributed by atoms with Crippen molar-refractivity contribution in [3.05, 3.63) is 26.8 Å². The van der Waals surface area contributed by atoms with Crippen molar-refractivity contribution in [3.63, 3.8) is 0 Å². The molecule has 1 unspecified atom stereocenters. The van der Waals surface area contributed by atoms with Gasteiger partial charge < -0.3 is 15.3 Å². The molecule has 0 spiro atoms. The second kappa shape index (κ2) is 6.39. The van der Waals surface area contributed by atoms with E-state index >= 15 is 0 Å². The van der Waals surface area contributed by atoms with Crippen LogP contribution in [0.2, 0.25) is 5.02 Å². The summed E-state index contributed by atoms with van der Waals surface area (Å²) >= 11 is 7.96. The van der Waals surface area contributed by atoms with Crippen LogP contribution >= 0.6 is 34.2 Å². The van der Waals surface area contributed by atoms with Crippen molar-refractivity contribution in [2.45, 2.75) is 31.7 Å². The Morgan fingerprint density at radius 2 is 2.14 bits per heavy atom. The van der Waals surface area contributed by atoms with Crippen molar-refractivity contribution in [3.8, 4) is 0 Å². The molecule has 0 aliphatic carbocycles. The van der Waals surface area contributed by atoms with Crippen LogP contribution < -0.4 is 5.32 Å². The summed E-state index contributed by atoms with van der Waals surface area (Å²) in [5.41, 5.74) is -0.525. The lowest BCUT2D eigenvalue weighted by Gasteiger charge is -2.41. The monoisotopic (exact) mass is 422 g/mol. The average Bonchev–Trinajstić information content (AvgIpc) is 2.42. The molecule has 1 atom stereocenters. The molecule has 2 N–H and O–H groups in total. The molecule has 2 amide bonds. The highest BCUT2D eigenvalue weighted by atomic mass is 127. The largest absolute Gasteiger partial charge is 0.480 e. The number of hydrogen-bond acceptors (Lipinski definition) is 2. The Balaban J connectivity index is 2.20. The number of aliphatic carboxylic acids is 1. The fraction of sp³-hybridized carbons (Fsp3) is 0.429. The Bertz CT molecular complexity index is 581. The van der Waals surface area contributed by atoms with Crippen LogP contribution in [0.15, 0.2) is 18.2 Å². The highest BCUT2D eigenvalue weighted by Crippen LogP contribution is 2.30. The molecule has 0 aromatic heterocycles. The van der Waals surface area contributed by atoms with E-state index in [1.807, 2.05) is 0 Å². The van der Waals surface area contributed by atoms with E-state index in [0.717, 1.165) is 16.4 Å². The predicted molar refractivity (Wildman–Crippen MR) is 89.8 cm³/mol. The van der Waals surface area contributed by atoms with Crippen LogP contribution in [0.4, 0.5) is 10.5 Å². The number of piperidine rings is 1. The molecule has 5 nitrogen and oxygen atoms in total. The number of urea groups is 1. The van der Waals surface area contributed by atoms with Gasteiger partial charge in [-0.1, -0.05) is 11.6 Å². The number of benzene rings is 1. The van der Waals surface area contributed by atoms with Crippen LogP contribution in [0.1, 0.15) is 26.2 Å².